The summed E-state index contributed by atoms with van der Waals surface area (Å²) >= 11 is 0. The molecule has 0 radical (unpaired) electrons. The first kappa shape index (κ1) is 18.7. The summed E-state index contributed by atoms with van der Waals surface area (Å²) in [5, 5.41) is 8.91. The fourth-order valence-electron chi connectivity index (χ4n) is 4.30. The van der Waals surface area contributed by atoms with E-state index in [0.717, 1.165) is 31.0 Å². The molecule has 2 aromatic rings. The molecule has 3 heterocycles. The maximum atomic E-state index is 15.1. The molecule has 2 aromatic heterocycles. The Balaban J connectivity index is 1.90. The standard InChI is InChI=1S/C20H24FN3O4/c1-10-17-14(12-3-4-12)7-16(28-20(26)27)19(25)24(17)9-15(21)18(10)23-6-5-13(8-23)11(2)22/h7,9,11-13H,3-6,8,22H2,1-2H3,(H,26,27). The van der Waals surface area contributed by atoms with E-state index in [4.69, 9.17) is 10.8 Å². The molecule has 2 aliphatic rings. The van der Waals surface area contributed by atoms with Gasteiger partial charge in [-0.05, 0) is 62.1 Å². The minimum Gasteiger partial charge on any atom is -0.449 e. The lowest BCUT2D eigenvalue weighted by Gasteiger charge is -2.24. The molecule has 2 unspecified atom stereocenters. The van der Waals surface area contributed by atoms with Crippen molar-refractivity contribution in [3.63, 3.8) is 0 Å². The number of anilines is 1. The van der Waals surface area contributed by atoms with Crippen LogP contribution in [0.5, 0.6) is 5.75 Å². The lowest BCUT2D eigenvalue weighted by atomic mass is 10.0. The van der Waals surface area contributed by atoms with Crippen LogP contribution in [0.15, 0.2) is 17.1 Å². The number of hydrogen-bond donors (Lipinski definition) is 2. The second kappa shape index (κ2) is 6.77. The number of hydrogen-bond acceptors (Lipinski definition) is 5. The molecular formula is C20H24FN3O4. The first-order chi connectivity index (χ1) is 13.3. The summed E-state index contributed by atoms with van der Waals surface area (Å²) in [5.74, 6) is -0.283. The average molecular weight is 389 g/mol. The molecule has 3 N–H and O–H groups in total. The first-order valence-electron chi connectivity index (χ1n) is 9.57. The van der Waals surface area contributed by atoms with Gasteiger partial charge < -0.3 is 20.5 Å². The zero-order valence-electron chi connectivity index (χ0n) is 15.9. The van der Waals surface area contributed by atoms with Crippen LogP contribution >= 0.6 is 0 Å². The minimum absolute atomic E-state index is 0.0363. The highest BCUT2D eigenvalue weighted by molar-refractivity contribution is 5.74. The van der Waals surface area contributed by atoms with Crippen LogP contribution in [0, 0.1) is 18.7 Å². The Kier molecular flexibility index (Phi) is 4.53. The van der Waals surface area contributed by atoms with E-state index < -0.39 is 17.5 Å². The number of ether oxygens (including phenoxy) is 1. The molecule has 28 heavy (non-hydrogen) atoms. The molecule has 2 atom stereocenters. The third-order valence-corrected chi connectivity index (χ3v) is 5.91. The Labute approximate surface area is 161 Å². The molecule has 0 spiro atoms. The third kappa shape index (κ3) is 3.11. The van der Waals surface area contributed by atoms with E-state index in [0.29, 0.717) is 35.8 Å². The highest BCUT2D eigenvalue weighted by Gasteiger charge is 2.32. The zero-order chi connectivity index (χ0) is 20.2. The van der Waals surface area contributed by atoms with Crippen molar-refractivity contribution in [1.82, 2.24) is 4.40 Å². The maximum absolute atomic E-state index is 15.1. The van der Waals surface area contributed by atoms with Gasteiger partial charge in [-0.25, -0.2) is 9.18 Å². The van der Waals surface area contributed by atoms with E-state index in [9.17, 15) is 9.59 Å². The summed E-state index contributed by atoms with van der Waals surface area (Å²) < 4.78 is 20.9. The van der Waals surface area contributed by atoms with Crippen LogP contribution < -0.4 is 20.9 Å². The van der Waals surface area contributed by atoms with Crippen molar-refractivity contribution in [1.29, 1.82) is 0 Å². The molecule has 1 saturated carbocycles. The van der Waals surface area contributed by atoms with Gasteiger partial charge in [-0.2, -0.15) is 0 Å². The summed E-state index contributed by atoms with van der Waals surface area (Å²) in [7, 11) is 0. The molecule has 1 saturated heterocycles. The summed E-state index contributed by atoms with van der Waals surface area (Å²) in [6.07, 6.45) is 2.38. The molecule has 1 aliphatic carbocycles. The highest BCUT2D eigenvalue weighted by atomic mass is 19.1. The van der Waals surface area contributed by atoms with Gasteiger partial charge in [0.15, 0.2) is 11.6 Å². The monoisotopic (exact) mass is 389 g/mol. The summed E-state index contributed by atoms with van der Waals surface area (Å²) in [4.78, 5) is 25.7. The van der Waals surface area contributed by atoms with Gasteiger partial charge in [-0.3, -0.25) is 9.20 Å². The third-order valence-electron chi connectivity index (χ3n) is 5.91. The van der Waals surface area contributed by atoms with Crippen molar-refractivity contribution in [3.8, 4) is 5.75 Å². The van der Waals surface area contributed by atoms with Crippen LogP contribution in [-0.4, -0.2) is 34.8 Å². The average Bonchev–Trinajstić information content (AvgIpc) is 3.34. The first-order valence-corrected chi connectivity index (χ1v) is 9.57. The van der Waals surface area contributed by atoms with Crippen molar-refractivity contribution in [3.05, 3.63) is 39.6 Å². The van der Waals surface area contributed by atoms with Crippen molar-refractivity contribution >= 4 is 17.4 Å². The number of halogens is 1. The number of aromatic nitrogens is 1. The van der Waals surface area contributed by atoms with Crippen LogP contribution in [0.4, 0.5) is 14.9 Å². The Morgan fingerprint density at radius 3 is 2.68 bits per heavy atom. The largest absolute Gasteiger partial charge is 0.511 e. The normalized spacial score (nSPS) is 20.6. The number of carbonyl (C=O) groups is 1. The number of nitrogens with zero attached hydrogens (tertiary/aromatic N) is 2. The Morgan fingerprint density at radius 2 is 2.11 bits per heavy atom. The quantitative estimate of drug-likeness (QED) is 0.781. The molecule has 1 aliphatic heterocycles. The molecule has 0 amide bonds. The molecule has 150 valence electrons. The van der Waals surface area contributed by atoms with Crippen LogP contribution in [0.3, 0.4) is 0 Å². The van der Waals surface area contributed by atoms with E-state index >= 15 is 4.39 Å². The summed E-state index contributed by atoms with van der Waals surface area (Å²) in [5.41, 5.74) is 8.01. The second-order valence-corrected chi connectivity index (χ2v) is 7.93. The van der Waals surface area contributed by atoms with Crippen LogP contribution in [0.25, 0.3) is 5.52 Å². The number of carboxylic acid groups (broad SMARTS) is 1. The van der Waals surface area contributed by atoms with Crippen molar-refractivity contribution in [2.45, 2.75) is 45.1 Å². The molecule has 7 nitrogen and oxygen atoms in total. The Hall–Kier alpha value is -2.61. The second-order valence-electron chi connectivity index (χ2n) is 7.93. The smallest absolute Gasteiger partial charge is 0.449 e. The van der Waals surface area contributed by atoms with E-state index in [1.54, 1.807) is 0 Å². The molecule has 0 bridgehead atoms. The topological polar surface area (TPSA) is 97.3 Å². The van der Waals surface area contributed by atoms with Gasteiger partial charge in [0.05, 0.1) is 17.4 Å². The number of aryl methyl sites for hydroxylation is 1. The number of fused-ring (bicyclic) bond motifs is 1. The maximum Gasteiger partial charge on any atom is 0.511 e. The van der Waals surface area contributed by atoms with Crippen molar-refractivity contribution in [2.75, 3.05) is 18.0 Å². The fraction of sp³-hybridized carbons (Fsp3) is 0.500. The van der Waals surface area contributed by atoms with Crippen molar-refractivity contribution in [2.24, 2.45) is 11.7 Å². The lowest BCUT2D eigenvalue weighted by molar-refractivity contribution is 0.143. The van der Waals surface area contributed by atoms with Gasteiger partial charge in [0.1, 0.15) is 0 Å². The van der Waals surface area contributed by atoms with Gasteiger partial charge in [-0.1, -0.05) is 0 Å². The van der Waals surface area contributed by atoms with E-state index in [-0.39, 0.29) is 17.7 Å². The molecule has 0 aromatic carbocycles. The predicted molar refractivity (Wildman–Crippen MR) is 103 cm³/mol. The summed E-state index contributed by atoms with van der Waals surface area (Å²) in [6.45, 7) is 5.17. The van der Waals surface area contributed by atoms with Gasteiger partial charge in [0.25, 0.3) is 5.56 Å². The van der Waals surface area contributed by atoms with E-state index in [1.165, 1.54) is 10.5 Å². The lowest BCUT2D eigenvalue weighted by Crippen LogP contribution is -2.30. The SMILES string of the molecule is Cc1c(N2CCC(C(C)N)C2)c(F)cn2c(=O)c(OC(=O)O)cc(C3CC3)c12. The minimum atomic E-state index is -1.56. The van der Waals surface area contributed by atoms with E-state index in [1.807, 2.05) is 18.7 Å². The van der Waals surface area contributed by atoms with Gasteiger partial charge in [-0.15, -0.1) is 0 Å². The zero-order valence-corrected chi connectivity index (χ0v) is 15.9. The number of rotatable bonds is 4. The van der Waals surface area contributed by atoms with Crippen LogP contribution in [0.2, 0.25) is 0 Å². The fourth-order valence-corrected chi connectivity index (χ4v) is 4.30. The number of nitrogens with two attached hydrogens (primary N) is 1. The summed E-state index contributed by atoms with van der Waals surface area (Å²) in [6, 6.07) is 1.54. The number of pyridine rings is 2. The van der Waals surface area contributed by atoms with Crippen molar-refractivity contribution < 1.29 is 19.0 Å². The Bertz CT molecular complexity index is 1010. The van der Waals surface area contributed by atoms with Crippen LogP contribution in [-0.2, 0) is 0 Å². The molecule has 4 rings (SSSR count). The Morgan fingerprint density at radius 1 is 1.39 bits per heavy atom. The molecular weight excluding hydrogens is 365 g/mol. The van der Waals surface area contributed by atoms with Gasteiger partial charge in [0.2, 0.25) is 0 Å². The molecule has 2 fully saturated rings. The van der Waals surface area contributed by atoms with E-state index in [2.05, 4.69) is 4.74 Å². The molecule has 8 heteroatoms. The highest BCUT2D eigenvalue weighted by Crippen LogP contribution is 2.44. The van der Waals surface area contributed by atoms with Gasteiger partial charge in [0, 0.05) is 19.1 Å². The van der Waals surface area contributed by atoms with Crippen LogP contribution in [0.1, 0.15) is 43.2 Å². The van der Waals surface area contributed by atoms with Gasteiger partial charge >= 0.3 is 6.16 Å². The predicted octanol–water partition coefficient (Wildman–Crippen LogP) is 2.85.